The third-order valence-electron chi connectivity index (χ3n) is 14.7. The van der Waals surface area contributed by atoms with Crippen LogP contribution in [0.4, 0.5) is 52.7 Å². The second-order valence-corrected chi connectivity index (χ2v) is 23.5. The van der Waals surface area contributed by atoms with Gasteiger partial charge in [0, 0.05) is 76.8 Å². The fourth-order valence-electron chi connectivity index (χ4n) is 8.98. The molecule has 12 rings (SSSR count). The first-order chi connectivity index (χ1) is 87.6. The molecule has 0 fully saturated rings. The largest absolute Gasteiger partial charge is 0.486 e. The van der Waals surface area contributed by atoms with Crippen LogP contribution in [0.1, 0.15) is 235 Å². The van der Waals surface area contributed by atoms with Gasteiger partial charge in [-0.3, -0.25) is 0 Å². The molecule has 672 valence electrons. The molecular weight excluding hydrogens is 1630 g/mol. The molecule has 0 spiro atoms. The molecule has 0 saturated carbocycles. The quantitative estimate of drug-likeness (QED) is 0.0209. The zero-order chi connectivity index (χ0) is 150. The third-order valence-corrected chi connectivity index (χ3v) is 14.7. The predicted octanol–water partition coefficient (Wildman–Crippen LogP) is 25.2. The summed E-state index contributed by atoms with van der Waals surface area (Å²) >= 11 is 0. The summed E-state index contributed by atoms with van der Waals surface area (Å²) in [4.78, 5) is 0. The van der Waals surface area contributed by atoms with Crippen molar-refractivity contribution in [2.24, 2.45) is 0 Å². The van der Waals surface area contributed by atoms with Crippen LogP contribution in [0, 0.1) is 13.8 Å². The summed E-state index contributed by atoms with van der Waals surface area (Å²) in [5.41, 5.74) is -8.90. The van der Waals surface area contributed by atoms with Crippen LogP contribution in [0.5, 0.6) is 34.5 Å². The van der Waals surface area contributed by atoms with Gasteiger partial charge in [0.25, 0.3) is 0 Å². The van der Waals surface area contributed by atoms with E-state index in [2.05, 4.69) is 10.6 Å². The standard InChI is InChI=1S/4C17H18F3NO.2C17H21NO/c4*1-21-12-11-16(13-5-3-2-4-6-13)22-15-9-7-14(8-10-15)17(18,19)20;2*1-14-8-6-7-11-16(14)19-17(12-13-18-2)15-9-4-3-5-10-15/h4*2-10,16,21H,11-12H2,1H3;2*3-11,17-18H,12-13H2,1-2H3/i1D3,2D,3D,4D,5D,6D,7D,8D,9D,10D,11D2,12D2,16D;1D3,2D,3D,4D,5D,6D,7D,8D,9D,10D,12D2,16D;1D3,2D,3D,4D,5D,6D,7D,8D,9D,10D,11D2,16D;1D3,2D,3D,4D,5D,6D,7D,8D,9D,10D,16D;2D3,12D2;2D3. The number of hydrogen-bond acceptors (Lipinski definition) is 12. The van der Waals surface area contributed by atoms with Gasteiger partial charge in [-0.05, 0) is 248 Å². The van der Waals surface area contributed by atoms with Crippen LogP contribution in [-0.2, 0) is 24.7 Å². The lowest BCUT2D eigenvalue weighted by atomic mass is 10.1. The monoisotopic (exact) mass is 1820 g/mol. The van der Waals surface area contributed by atoms with Gasteiger partial charge in [-0.1, -0.05) is 218 Å². The maximum Gasteiger partial charge on any atom is 0.416 e. The molecule has 12 aromatic rings. The highest BCUT2D eigenvalue weighted by Gasteiger charge is 2.34. The molecule has 6 atom stereocenters. The van der Waals surface area contributed by atoms with Crippen molar-refractivity contribution in [3.05, 3.63) is 393 Å². The first-order valence-electron chi connectivity index (χ1n) is 69.5. The number of alkyl halides is 12. The summed E-state index contributed by atoms with van der Waals surface area (Å²) in [5, 5.41) is 11.3. The van der Waals surface area contributed by atoms with Crippen molar-refractivity contribution in [2.75, 3.05) is 81.0 Å². The molecule has 24 heteroatoms. The molecule has 12 aromatic carbocycles. The van der Waals surface area contributed by atoms with Crippen molar-refractivity contribution in [3.8, 4) is 34.5 Å². The first kappa shape index (κ1) is 41.4. The number of aryl methyl sites for hydroxylation is 2. The van der Waals surface area contributed by atoms with Crippen LogP contribution in [0.25, 0.3) is 0 Å². The molecule has 0 aliphatic carbocycles. The Balaban J connectivity index is 0.000000312. The average Bonchev–Trinajstić information content (AvgIpc) is 0.708. The molecule has 0 aromatic heterocycles. The third kappa shape index (κ3) is 36.9. The highest BCUT2D eigenvalue weighted by atomic mass is 19.4. The topological polar surface area (TPSA) is 128 Å². The van der Waals surface area contributed by atoms with E-state index in [0.717, 1.165) is 22.4 Å². The van der Waals surface area contributed by atoms with Gasteiger partial charge in [0.05, 0.1) is 77.1 Å². The zero-order valence-electron chi connectivity index (χ0n) is 133. The number of para-hydroxylation sites is 2. The van der Waals surface area contributed by atoms with Crippen molar-refractivity contribution in [1.29, 1.82) is 0 Å². The zero-order valence-corrected chi connectivity index (χ0v) is 65.0. The Morgan fingerprint density at radius 2 is 0.563 bits per heavy atom. The maximum atomic E-state index is 13.4. The molecule has 12 nitrogen and oxygen atoms in total. The number of ether oxygens (including phenoxy) is 6. The van der Waals surface area contributed by atoms with Gasteiger partial charge in [-0.25, -0.2) is 0 Å². The Labute approximate surface area is 829 Å². The lowest BCUT2D eigenvalue weighted by Gasteiger charge is -2.20. The normalized spacial score (nSPS) is 22.6. The van der Waals surface area contributed by atoms with Crippen LogP contribution >= 0.6 is 0 Å². The summed E-state index contributed by atoms with van der Waals surface area (Å²) < 4.78 is 722. The van der Waals surface area contributed by atoms with E-state index in [1.54, 1.807) is 35.6 Å². The minimum Gasteiger partial charge on any atom is -0.486 e. The molecule has 0 heterocycles. The Kier molecular flexibility index (Phi) is 17.8. The van der Waals surface area contributed by atoms with Gasteiger partial charge < -0.3 is 60.3 Å². The lowest BCUT2D eigenvalue weighted by Crippen LogP contribution is -2.16. The molecule has 6 N–H and O–H groups in total. The predicted molar refractivity (Wildman–Crippen MR) is 478 cm³/mol. The number of benzene rings is 12. The Morgan fingerprint density at radius 1 is 0.278 bits per heavy atom. The van der Waals surface area contributed by atoms with Gasteiger partial charge in [0.1, 0.15) is 71.0 Å². The first-order valence-corrected chi connectivity index (χ1v) is 35.5. The Morgan fingerprint density at radius 3 is 0.921 bits per heavy atom. The highest BCUT2D eigenvalue weighted by Crippen LogP contribution is 2.38. The summed E-state index contributed by atoms with van der Waals surface area (Å²) in [6, 6.07) is -12.3. The van der Waals surface area contributed by atoms with E-state index in [-0.39, 0.29) is 12.6 Å². The SMILES string of the molecule is [2H]C([2H])([2H])NCC([2H])([2H])C(Oc1ccccc1C)c1ccccc1.[2H]C([2H])([2H])NCCC(Oc1ccccc1C)c1ccccc1.[2H]c1c([2H])c([2H])c(C([2H])(CC([2H])([2H])NC([2H])([2H])[2H])Oc2c([2H])c([2H])c(C(F)(F)F)c([2H])c2[2H])c([2H])c1[2H].[2H]c1c([2H])c([2H])c(C([2H])(CCNC([2H])([2H])[2H])Oc2c([2H])c([2H])c(C(F)(F)F)c([2H])c2[2H])c([2H])c1[2H].[2H]c1c([2H])c([2H])c(C([2H])(Oc2c([2H])c([2H])c(C(F)(F)F)c([2H])c2[2H])C([2H])([2H])C([2H])([2H])NC([2H])([2H])[2H])c([2H])c1[2H].[2H]c1c([2H])c([2H])c(C([2H])(Oc2c([2H])c([2H])c(C(F)(F)F)c([2H])c2[2H])C([2H])([2H])CNC([2H])([2H])[2H])c([2H])c1[2H]. The smallest absolute Gasteiger partial charge is 0.416 e. The Hall–Kier alpha value is -11.6. The van der Waals surface area contributed by atoms with Crippen LogP contribution < -0.4 is 60.3 Å². The molecule has 0 aliphatic heterocycles. The van der Waals surface area contributed by atoms with E-state index in [4.69, 9.17) is 122 Å². The van der Waals surface area contributed by atoms with Crippen LogP contribution in [0.3, 0.4) is 0 Å². The molecule has 126 heavy (non-hydrogen) atoms. The number of halogens is 12. The Bertz CT molecular complexity index is 8440. The van der Waals surface area contributed by atoms with Gasteiger partial charge in [-0.15, -0.1) is 0 Å². The molecular formula is C102H114F12N6O6. The molecule has 0 saturated heterocycles. The van der Waals surface area contributed by atoms with Gasteiger partial charge in [0.2, 0.25) is 0 Å². The maximum absolute atomic E-state index is 13.4. The molecule has 0 aliphatic rings. The minimum absolute atomic E-state index is 0.183. The van der Waals surface area contributed by atoms with Crippen LogP contribution in [-0.4, -0.2) is 81.0 Å². The van der Waals surface area contributed by atoms with Crippen molar-refractivity contribution >= 4 is 0 Å². The van der Waals surface area contributed by atoms with Gasteiger partial charge >= 0.3 is 24.7 Å². The highest BCUT2D eigenvalue weighted by molar-refractivity contribution is 5.38. The van der Waals surface area contributed by atoms with E-state index >= 15 is 0 Å². The number of nitrogens with one attached hydrogen (secondary N) is 6. The van der Waals surface area contributed by atoms with E-state index in [0.29, 0.717) is 24.3 Å². The second-order valence-electron chi connectivity index (χ2n) is 23.5. The summed E-state index contributed by atoms with van der Waals surface area (Å²) in [6.07, 6.45) is -47.4. The summed E-state index contributed by atoms with van der Waals surface area (Å²) in [5.74, 6) is -4.05. The molecule has 0 bridgehead atoms. The van der Waals surface area contributed by atoms with Crippen molar-refractivity contribution in [3.63, 3.8) is 0 Å². The molecule has 0 radical (unpaired) electrons. The number of hydrogen-bond donors (Lipinski definition) is 6. The fourth-order valence-corrected chi connectivity index (χ4v) is 8.98. The van der Waals surface area contributed by atoms with Crippen molar-refractivity contribution in [2.45, 2.75) is 113 Å². The van der Waals surface area contributed by atoms with Crippen molar-refractivity contribution in [1.82, 2.24) is 31.9 Å². The van der Waals surface area contributed by atoms with Gasteiger partial charge in [0.15, 0.2) is 0 Å². The lowest BCUT2D eigenvalue weighted by molar-refractivity contribution is -0.138. The van der Waals surface area contributed by atoms with E-state index in [1.165, 1.54) is 10.6 Å². The van der Waals surface area contributed by atoms with E-state index in [9.17, 15) is 52.7 Å². The minimum atomic E-state index is -5.42. The van der Waals surface area contributed by atoms with E-state index < -0.39 is 440 Å². The number of rotatable bonds is 36. The fraction of sp³-hybridized carbons (Fsp3) is 0.294. The van der Waals surface area contributed by atoms with Crippen molar-refractivity contribution < 1.29 is 174 Å². The van der Waals surface area contributed by atoms with E-state index in [1.807, 2.05) is 98.0 Å². The molecule has 6 unspecified atom stereocenters. The molecule has 0 amide bonds. The summed E-state index contributed by atoms with van der Waals surface area (Å²) in [7, 11) is 0. The van der Waals surface area contributed by atoms with Gasteiger partial charge in [-0.2, -0.15) is 52.7 Å². The average molecular weight is 1820 g/mol. The van der Waals surface area contributed by atoms with Crippen LogP contribution in [0.2, 0.25) is 0 Å². The van der Waals surface area contributed by atoms with Crippen LogP contribution in [0.15, 0.2) is 327 Å². The summed E-state index contributed by atoms with van der Waals surface area (Å²) in [6.45, 7) is -21.9. The second kappa shape index (κ2) is 54.3.